The summed E-state index contributed by atoms with van der Waals surface area (Å²) < 4.78 is 23.8. The quantitative estimate of drug-likeness (QED) is 0.492. The molecule has 0 amide bonds. The predicted molar refractivity (Wildman–Crippen MR) is 145 cm³/mol. The van der Waals surface area contributed by atoms with Crippen molar-refractivity contribution < 1.29 is 9.13 Å². The molecule has 0 aliphatic carbocycles. The summed E-state index contributed by atoms with van der Waals surface area (Å²) in [4.78, 5) is 22.3. The van der Waals surface area contributed by atoms with Crippen LogP contribution in [0.4, 0.5) is 21.7 Å². The molecule has 1 atom stereocenters. The number of halogens is 1. The Labute approximate surface area is 216 Å². The van der Waals surface area contributed by atoms with Gasteiger partial charge in [-0.25, -0.2) is 14.2 Å². The van der Waals surface area contributed by atoms with Gasteiger partial charge in [0, 0.05) is 74.5 Å². The highest BCUT2D eigenvalue weighted by Crippen LogP contribution is 2.38. The third-order valence-electron chi connectivity index (χ3n) is 7.58. The standard InChI is InChI=1S/C27H36FN7O2/c1-32(2)15-17-6-9-34(16-17)24-5-4-18(14-31-24)20-12-21(23(29)13-22(20)28)25-26(30)33(3)27(36)35(25)19-7-10-37-11-8-19/h4-5,12-14,17,19H,6-11,15-16,29-30H2,1-3H3. The summed E-state index contributed by atoms with van der Waals surface area (Å²) in [6.07, 6.45) is 4.22. The molecule has 9 nitrogen and oxygen atoms in total. The Morgan fingerprint density at radius 2 is 1.89 bits per heavy atom. The first-order valence-electron chi connectivity index (χ1n) is 12.8. The van der Waals surface area contributed by atoms with Crippen LogP contribution < -0.4 is 22.1 Å². The summed E-state index contributed by atoms with van der Waals surface area (Å²) in [5, 5.41) is 0. The maximum atomic E-state index is 15.2. The van der Waals surface area contributed by atoms with Gasteiger partial charge < -0.3 is 26.0 Å². The number of benzene rings is 1. The van der Waals surface area contributed by atoms with E-state index in [2.05, 4.69) is 28.9 Å². The second kappa shape index (κ2) is 10.2. The molecule has 0 spiro atoms. The van der Waals surface area contributed by atoms with Gasteiger partial charge in [-0.2, -0.15) is 0 Å². The summed E-state index contributed by atoms with van der Waals surface area (Å²) in [5.41, 5.74) is 14.8. The third kappa shape index (κ3) is 4.83. The van der Waals surface area contributed by atoms with Crippen molar-refractivity contribution in [3.8, 4) is 22.4 Å². The fourth-order valence-electron chi connectivity index (χ4n) is 5.65. The van der Waals surface area contributed by atoms with E-state index in [0.29, 0.717) is 60.2 Å². The molecule has 2 fully saturated rings. The topological polar surface area (TPSA) is 108 Å². The van der Waals surface area contributed by atoms with Crippen molar-refractivity contribution >= 4 is 17.3 Å². The summed E-state index contributed by atoms with van der Waals surface area (Å²) in [7, 11) is 5.83. The first kappa shape index (κ1) is 25.3. The molecule has 2 saturated heterocycles. The Morgan fingerprint density at radius 1 is 1.14 bits per heavy atom. The molecule has 1 aromatic carbocycles. The molecular weight excluding hydrogens is 473 g/mol. The number of pyridine rings is 1. The second-order valence-electron chi connectivity index (χ2n) is 10.5. The molecule has 0 saturated carbocycles. The minimum atomic E-state index is -0.447. The van der Waals surface area contributed by atoms with E-state index in [1.165, 1.54) is 10.6 Å². The van der Waals surface area contributed by atoms with Crippen LogP contribution in [0, 0.1) is 11.7 Å². The van der Waals surface area contributed by atoms with E-state index in [4.69, 9.17) is 16.2 Å². The molecule has 198 valence electrons. The van der Waals surface area contributed by atoms with Gasteiger partial charge in [0.2, 0.25) is 0 Å². The van der Waals surface area contributed by atoms with Crippen LogP contribution in [0.5, 0.6) is 0 Å². The predicted octanol–water partition coefficient (Wildman–Crippen LogP) is 2.96. The van der Waals surface area contributed by atoms with Crippen LogP contribution in [0.3, 0.4) is 0 Å². The van der Waals surface area contributed by atoms with Gasteiger partial charge in [-0.3, -0.25) is 9.13 Å². The van der Waals surface area contributed by atoms with Crippen molar-refractivity contribution in [2.45, 2.75) is 25.3 Å². The molecule has 5 rings (SSSR count). The number of hydrogen-bond donors (Lipinski definition) is 2. The lowest BCUT2D eigenvalue weighted by Gasteiger charge is -2.25. The normalized spacial score (nSPS) is 18.7. The number of anilines is 3. The Balaban J connectivity index is 1.49. The van der Waals surface area contributed by atoms with Crippen molar-refractivity contribution in [3.05, 3.63) is 46.8 Å². The lowest BCUT2D eigenvalue weighted by Crippen LogP contribution is -2.30. The minimum Gasteiger partial charge on any atom is -0.398 e. The van der Waals surface area contributed by atoms with E-state index in [0.717, 1.165) is 31.9 Å². The zero-order valence-corrected chi connectivity index (χ0v) is 21.8. The maximum Gasteiger partial charge on any atom is 0.330 e. The monoisotopic (exact) mass is 509 g/mol. The van der Waals surface area contributed by atoms with Crippen molar-refractivity contribution in [1.82, 2.24) is 19.0 Å². The highest BCUT2D eigenvalue weighted by molar-refractivity contribution is 5.85. The van der Waals surface area contributed by atoms with E-state index in [-0.39, 0.29) is 17.4 Å². The van der Waals surface area contributed by atoms with Crippen LogP contribution in [0.2, 0.25) is 0 Å². The van der Waals surface area contributed by atoms with Crippen molar-refractivity contribution in [1.29, 1.82) is 0 Å². The van der Waals surface area contributed by atoms with Crippen LogP contribution >= 0.6 is 0 Å². The van der Waals surface area contributed by atoms with Gasteiger partial charge in [0.1, 0.15) is 17.5 Å². The van der Waals surface area contributed by atoms with Gasteiger partial charge in [0.15, 0.2) is 0 Å². The van der Waals surface area contributed by atoms with Crippen LogP contribution in [0.15, 0.2) is 35.3 Å². The van der Waals surface area contributed by atoms with Crippen LogP contribution in [0.25, 0.3) is 22.4 Å². The molecule has 2 aliphatic rings. The number of imidazole rings is 1. The minimum absolute atomic E-state index is 0.0645. The number of nitrogen functional groups attached to an aromatic ring is 2. The molecule has 2 aromatic heterocycles. The van der Waals surface area contributed by atoms with Crippen molar-refractivity contribution in [2.75, 3.05) is 63.3 Å². The van der Waals surface area contributed by atoms with Gasteiger partial charge in [0.25, 0.3) is 0 Å². The number of nitrogens with two attached hydrogens (primary N) is 2. The first-order valence-corrected chi connectivity index (χ1v) is 12.8. The van der Waals surface area contributed by atoms with E-state index < -0.39 is 5.82 Å². The molecule has 4 N–H and O–H groups in total. The highest BCUT2D eigenvalue weighted by atomic mass is 19.1. The number of nitrogens with zero attached hydrogens (tertiary/aromatic N) is 5. The Hall–Kier alpha value is -3.37. The lowest BCUT2D eigenvalue weighted by atomic mass is 9.99. The van der Waals surface area contributed by atoms with Gasteiger partial charge in [-0.05, 0) is 63.5 Å². The van der Waals surface area contributed by atoms with Gasteiger partial charge in [-0.15, -0.1) is 0 Å². The average Bonchev–Trinajstić information content (AvgIpc) is 3.43. The van der Waals surface area contributed by atoms with Crippen LogP contribution in [-0.4, -0.2) is 66.0 Å². The highest BCUT2D eigenvalue weighted by Gasteiger charge is 2.28. The average molecular weight is 510 g/mol. The summed E-state index contributed by atoms with van der Waals surface area (Å²) in [6, 6.07) is 6.75. The Morgan fingerprint density at radius 3 is 2.57 bits per heavy atom. The van der Waals surface area contributed by atoms with Gasteiger partial charge in [-0.1, -0.05) is 0 Å². The second-order valence-corrected chi connectivity index (χ2v) is 10.5. The van der Waals surface area contributed by atoms with Gasteiger partial charge >= 0.3 is 5.69 Å². The molecule has 10 heteroatoms. The van der Waals surface area contributed by atoms with Crippen molar-refractivity contribution in [3.63, 3.8) is 0 Å². The maximum absolute atomic E-state index is 15.2. The van der Waals surface area contributed by atoms with Crippen LogP contribution in [-0.2, 0) is 11.8 Å². The SMILES string of the molecule is CN(C)CC1CCN(c2ccc(-c3cc(-c4c(N)n(C)c(=O)n4C4CCOCC4)c(N)cc3F)cn2)C1. The molecule has 37 heavy (non-hydrogen) atoms. The molecule has 0 radical (unpaired) electrons. The Kier molecular flexibility index (Phi) is 6.96. The van der Waals surface area contributed by atoms with E-state index in [1.807, 2.05) is 12.1 Å². The number of ether oxygens (including phenoxy) is 1. The molecule has 3 aromatic rings. The number of hydrogen-bond acceptors (Lipinski definition) is 7. The zero-order valence-electron chi connectivity index (χ0n) is 21.8. The summed E-state index contributed by atoms with van der Waals surface area (Å²) >= 11 is 0. The van der Waals surface area contributed by atoms with E-state index in [1.54, 1.807) is 23.9 Å². The molecule has 4 heterocycles. The van der Waals surface area contributed by atoms with Gasteiger partial charge in [0.05, 0.1) is 5.69 Å². The molecule has 0 bridgehead atoms. The zero-order chi connectivity index (χ0) is 26.3. The molecule has 2 aliphatic heterocycles. The summed E-state index contributed by atoms with van der Waals surface area (Å²) in [5.74, 6) is 1.35. The fourth-order valence-corrected chi connectivity index (χ4v) is 5.65. The molecule has 1 unspecified atom stereocenters. The fraction of sp³-hybridized carbons (Fsp3) is 0.481. The summed E-state index contributed by atoms with van der Waals surface area (Å²) in [6.45, 7) is 4.11. The van der Waals surface area contributed by atoms with E-state index in [9.17, 15) is 4.79 Å². The molecular formula is C27H36FN7O2. The van der Waals surface area contributed by atoms with E-state index >= 15 is 4.39 Å². The smallest absolute Gasteiger partial charge is 0.330 e. The Bertz CT molecular complexity index is 1330. The van der Waals surface area contributed by atoms with Crippen molar-refractivity contribution in [2.24, 2.45) is 13.0 Å². The first-order chi connectivity index (χ1) is 17.7. The third-order valence-corrected chi connectivity index (χ3v) is 7.58. The number of aromatic nitrogens is 3. The lowest BCUT2D eigenvalue weighted by molar-refractivity contribution is 0.0690. The number of rotatable bonds is 6. The largest absolute Gasteiger partial charge is 0.398 e. The van der Waals surface area contributed by atoms with Crippen LogP contribution in [0.1, 0.15) is 25.3 Å².